The maximum absolute atomic E-state index is 6.14. The molecule has 1 heterocycles. The molecule has 3 aromatic rings. The van der Waals surface area contributed by atoms with E-state index in [1.165, 1.54) is 0 Å². The van der Waals surface area contributed by atoms with Crippen LogP contribution in [0.2, 0.25) is 0 Å². The third-order valence-electron chi connectivity index (χ3n) is 3.92. The van der Waals surface area contributed by atoms with Gasteiger partial charge in [-0.1, -0.05) is 78.9 Å². The predicted molar refractivity (Wildman–Crippen MR) is 101 cm³/mol. The lowest BCUT2D eigenvalue weighted by molar-refractivity contribution is 0.239. The zero-order chi connectivity index (χ0) is 17.5. The molecule has 0 aromatic heterocycles. The summed E-state index contributed by atoms with van der Waals surface area (Å²) in [6.45, 7) is 0. The first kappa shape index (κ1) is 16.8. The summed E-state index contributed by atoms with van der Waals surface area (Å²) >= 11 is 0. The van der Waals surface area contributed by atoms with Gasteiger partial charge in [0.1, 0.15) is 5.66 Å². The number of hydrogen-bond donors (Lipinski definition) is 3. The first-order valence-corrected chi connectivity index (χ1v) is 8.04. The fourth-order valence-electron chi connectivity index (χ4n) is 2.53. The molecule has 4 heteroatoms. The highest BCUT2D eigenvalue weighted by molar-refractivity contribution is 5.58. The van der Waals surface area contributed by atoms with Gasteiger partial charge in [0.2, 0.25) is 0 Å². The summed E-state index contributed by atoms with van der Waals surface area (Å²) in [4.78, 5) is 5.09. The van der Waals surface area contributed by atoms with E-state index in [-0.39, 0.29) is 0 Å². The normalized spacial score (nSPS) is 12.1. The van der Waals surface area contributed by atoms with E-state index < -0.39 is 5.66 Å². The molecule has 0 bridgehead atoms. The Balaban J connectivity index is 0.000000157. The Bertz CT molecular complexity index is 789. The van der Waals surface area contributed by atoms with Crippen LogP contribution < -0.4 is 21.8 Å². The molecule has 0 amide bonds. The first-order chi connectivity index (χ1) is 12.2. The first-order valence-electron chi connectivity index (χ1n) is 8.04. The van der Waals surface area contributed by atoms with E-state index in [0.717, 1.165) is 22.4 Å². The maximum atomic E-state index is 6.14. The number of para-hydroxylation sites is 1. The van der Waals surface area contributed by atoms with Gasteiger partial charge in [-0.15, -0.1) is 0 Å². The molecule has 0 aliphatic carbocycles. The van der Waals surface area contributed by atoms with Crippen molar-refractivity contribution in [2.24, 2.45) is 11.5 Å². The molecule has 126 valence electrons. The van der Waals surface area contributed by atoms with Gasteiger partial charge in [0.05, 0.1) is 0 Å². The highest BCUT2D eigenvalue weighted by Gasteiger charge is 2.23. The van der Waals surface area contributed by atoms with Crippen molar-refractivity contribution < 1.29 is 4.84 Å². The molecule has 5 N–H and O–H groups in total. The second-order valence-corrected chi connectivity index (χ2v) is 5.69. The summed E-state index contributed by atoms with van der Waals surface area (Å²) in [5.74, 6) is 0.880. The van der Waals surface area contributed by atoms with Crippen LogP contribution >= 0.6 is 0 Å². The van der Waals surface area contributed by atoms with Crippen LogP contribution in [-0.2, 0) is 5.66 Å². The Morgan fingerprint density at radius 2 is 1.20 bits per heavy atom. The minimum Gasteiger partial charge on any atom is -0.382 e. The van der Waals surface area contributed by atoms with Gasteiger partial charge in [0.15, 0.2) is 5.75 Å². The summed E-state index contributed by atoms with van der Waals surface area (Å²) in [6.07, 6.45) is 3.74. The van der Waals surface area contributed by atoms with Crippen LogP contribution in [0.4, 0.5) is 0 Å². The van der Waals surface area contributed by atoms with E-state index in [1.54, 1.807) is 6.20 Å². The standard InChI is InChI=1S/C13H14N2.C8H7NO/c14-13(15,11-7-3-1-4-8-11)12-9-5-2-6-10-12;1-2-4-8-7(3-1)5-6-9-10-8/h1-10H,14-15H2;1-6,9H. The third kappa shape index (κ3) is 4.07. The molecule has 0 spiro atoms. The van der Waals surface area contributed by atoms with E-state index in [0.29, 0.717) is 0 Å². The third-order valence-corrected chi connectivity index (χ3v) is 3.92. The molecule has 0 saturated heterocycles. The van der Waals surface area contributed by atoms with Crippen LogP contribution in [0.25, 0.3) is 6.08 Å². The average Bonchev–Trinajstić information content (AvgIpc) is 2.70. The molecule has 1 aliphatic heterocycles. The number of fused-ring (bicyclic) bond motifs is 1. The van der Waals surface area contributed by atoms with Crippen molar-refractivity contribution in [3.05, 3.63) is 108 Å². The fourth-order valence-corrected chi connectivity index (χ4v) is 2.53. The van der Waals surface area contributed by atoms with E-state index >= 15 is 0 Å². The van der Waals surface area contributed by atoms with Crippen molar-refractivity contribution >= 4 is 6.08 Å². The molecule has 0 atom stereocenters. The lowest BCUT2D eigenvalue weighted by Gasteiger charge is -2.25. The second kappa shape index (κ2) is 7.66. The van der Waals surface area contributed by atoms with Gasteiger partial charge in [-0.05, 0) is 23.3 Å². The van der Waals surface area contributed by atoms with Crippen LogP contribution in [0, 0.1) is 0 Å². The number of rotatable bonds is 2. The number of hydrogen-bond acceptors (Lipinski definition) is 4. The van der Waals surface area contributed by atoms with Crippen molar-refractivity contribution in [2.75, 3.05) is 0 Å². The van der Waals surface area contributed by atoms with Crippen LogP contribution in [0.1, 0.15) is 16.7 Å². The molecular formula is C21H21N3O. The van der Waals surface area contributed by atoms with Crippen LogP contribution in [-0.4, -0.2) is 0 Å². The van der Waals surface area contributed by atoms with Gasteiger partial charge in [-0.3, -0.25) is 0 Å². The van der Waals surface area contributed by atoms with Crippen molar-refractivity contribution in [1.29, 1.82) is 0 Å². The highest BCUT2D eigenvalue weighted by Crippen LogP contribution is 2.21. The molecule has 0 saturated carbocycles. The smallest absolute Gasteiger partial charge is 0.162 e. The Hall–Kier alpha value is -3.08. The largest absolute Gasteiger partial charge is 0.382 e. The van der Waals surface area contributed by atoms with Crippen LogP contribution in [0.15, 0.2) is 91.1 Å². The van der Waals surface area contributed by atoms with E-state index in [4.69, 9.17) is 16.3 Å². The Kier molecular flexibility index (Phi) is 5.14. The van der Waals surface area contributed by atoms with E-state index in [1.807, 2.05) is 91.0 Å². The summed E-state index contributed by atoms with van der Waals surface area (Å²) in [5.41, 5.74) is 17.0. The Morgan fingerprint density at radius 3 is 1.76 bits per heavy atom. The zero-order valence-electron chi connectivity index (χ0n) is 13.8. The molecule has 1 aliphatic rings. The summed E-state index contributed by atoms with van der Waals surface area (Å²) in [7, 11) is 0. The lowest BCUT2D eigenvalue weighted by atomic mass is 9.93. The minimum atomic E-state index is -0.914. The predicted octanol–water partition coefficient (Wildman–Crippen LogP) is 3.36. The van der Waals surface area contributed by atoms with Crippen molar-refractivity contribution in [2.45, 2.75) is 5.66 Å². The lowest BCUT2D eigenvalue weighted by Crippen LogP contribution is -2.46. The number of hydroxylamine groups is 1. The second-order valence-electron chi connectivity index (χ2n) is 5.69. The molecule has 3 aromatic carbocycles. The van der Waals surface area contributed by atoms with Gasteiger partial charge in [-0.2, -0.15) is 0 Å². The Morgan fingerprint density at radius 1 is 0.680 bits per heavy atom. The molecule has 0 radical (unpaired) electrons. The number of benzene rings is 3. The van der Waals surface area contributed by atoms with Gasteiger partial charge in [0.25, 0.3) is 0 Å². The SMILES string of the molecule is C1=Cc2ccccc2ON1.NC(N)(c1ccccc1)c1ccccc1. The van der Waals surface area contributed by atoms with Gasteiger partial charge in [0, 0.05) is 11.8 Å². The summed E-state index contributed by atoms with van der Waals surface area (Å²) in [5, 5.41) is 0. The van der Waals surface area contributed by atoms with Crippen LogP contribution in [0.3, 0.4) is 0 Å². The van der Waals surface area contributed by atoms with Crippen LogP contribution in [0.5, 0.6) is 5.75 Å². The minimum absolute atomic E-state index is 0.880. The summed E-state index contributed by atoms with van der Waals surface area (Å²) < 4.78 is 0. The number of nitrogens with two attached hydrogens (primary N) is 2. The topological polar surface area (TPSA) is 73.3 Å². The van der Waals surface area contributed by atoms with Crippen molar-refractivity contribution in [3.8, 4) is 5.75 Å². The Labute approximate surface area is 147 Å². The molecule has 25 heavy (non-hydrogen) atoms. The zero-order valence-corrected chi connectivity index (χ0v) is 13.8. The monoisotopic (exact) mass is 331 g/mol. The number of nitrogens with one attached hydrogen (secondary N) is 1. The fraction of sp³-hybridized carbons (Fsp3) is 0.0476. The van der Waals surface area contributed by atoms with Gasteiger partial charge >= 0.3 is 0 Å². The van der Waals surface area contributed by atoms with Gasteiger partial charge < -0.3 is 16.3 Å². The molecule has 0 unspecified atom stereocenters. The molecule has 4 nitrogen and oxygen atoms in total. The molecule has 4 rings (SSSR count). The average molecular weight is 331 g/mol. The van der Waals surface area contributed by atoms with Crippen molar-refractivity contribution in [3.63, 3.8) is 0 Å². The quantitative estimate of drug-likeness (QED) is 0.630. The molecular weight excluding hydrogens is 310 g/mol. The highest BCUT2D eigenvalue weighted by atomic mass is 16.6. The summed E-state index contributed by atoms with van der Waals surface area (Å²) in [6, 6.07) is 27.3. The van der Waals surface area contributed by atoms with E-state index in [2.05, 4.69) is 5.48 Å². The van der Waals surface area contributed by atoms with E-state index in [9.17, 15) is 0 Å². The maximum Gasteiger partial charge on any atom is 0.162 e. The van der Waals surface area contributed by atoms with Crippen molar-refractivity contribution in [1.82, 2.24) is 5.48 Å². The molecule has 0 fully saturated rings. The van der Waals surface area contributed by atoms with Gasteiger partial charge in [-0.25, -0.2) is 5.48 Å².